The van der Waals surface area contributed by atoms with Crippen LogP contribution in [0.3, 0.4) is 0 Å². The van der Waals surface area contributed by atoms with Crippen molar-refractivity contribution in [3.8, 4) is 0 Å². The first-order chi connectivity index (χ1) is 13.8. The minimum atomic E-state index is -0.210. The lowest BCUT2D eigenvalue weighted by molar-refractivity contribution is 0.246. The second-order valence-corrected chi connectivity index (χ2v) is 9.47. The van der Waals surface area contributed by atoms with Gasteiger partial charge in [0.05, 0.1) is 6.67 Å². The summed E-state index contributed by atoms with van der Waals surface area (Å²) < 4.78 is 12.2. The fourth-order valence-corrected chi connectivity index (χ4v) is 5.52. The van der Waals surface area contributed by atoms with Crippen LogP contribution in [-0.4, -0.2) is 6.67 Å². The Bertz CT molecular complexity index is 556. The van der Waals surface area contributed by atoms with Gasteiger partial charge in [-0.15, -0.1) is 0 Å². The van der Waals surface area contributed by atoms with Crippen molar-refractivity contribution in [2.45, 2.75) is 96.3 Å². The van der Waals surface area contributed by atoms with Crippen molar-refractivity contribution in [3.05, 3.63) is 47.5 Å². The van der Waals surface area contributed by atoms with Gasteiger partial charge in [0.1, 0.15) is 0 Å². The minimum absolute atomic E-state index is 0.210. The molecule has 1 aromatic rings. The first-order valence-electron chi connectivity index (χ1n) is 12.1. The normalized spacial score (nSPS) is 28.6. The first kappa shape index (κ1) is 21.6. The minimum Gasteiger partial charge on any atom is -0.251 e. The molecule has 1 aromatic carbocycles. The molecule has 2 saturated carbocycles. The van der Waals surface area contributed by atoms with Crippen molar-refractivity contribution in [2.24, 2.45) is 17.8 Å². The molecule has 1 heteroatoms. The van der Waals surface area contributed by atoms with Crippen molar-refractivity contribution in [1.29, 1.82) is 0 Å². The summed E-state index contributed by atoms with van der Waals surface area (Å²) in [6.07, 6.45) is 21.4. The molecule has 0 aromatic heterocycles. The third-order valence-corrected chi connectivity index (χ3v) is 7.40. The summed E-state index contributed by atoms with van der Waals surface area (Å²) in [7, 11) is 0. The molecule has 0 nitrogen and oxygen atoms in total. The van der Waals surface area contributed by atoms with Crippen LogP contribution < -0.4 is 0 Å². The molecular formula is C27H41F. The number of benzene rings is 1. The van der Waals surface area contributed by atoms with Crippen molar-refractivity contribution < 1.29 is 4.39 Å². The van der Waals surface area contributed by atoms with E-state index in [1.54, 1.807) is 5.56 Å². The molecule has 0 aliphatic heterocycles. The maximum Gasteiger partial charge on any atom is 0.0928 e. The smallest absolute Gasteiger partial charge is 0.0928 e. The SMILES string of the molecule is CCCc1ccc([C@H]2CC[C@H](CC[C@H]3CC[C@H](C=CCCF)CC3)CC2)cc1. The molecule has 0 unspecified atom stereocenters. The Morgan fingerprint density at radius 2 is 1.46 bits per heavy atom. The van der Waals surface area contributed by atoms with Crippen LogP contribution in [0.1, 0.15) is 101 Å². The summed E-state index contributed by atoms with van der Waals surface area (Å²) in [5.41, 5.74) is 3.07. The zero-order valence-corrected chi connectivity index (χ0v) is 18.1. The Balaban J connectivity index is 1.33. The Morgan fingerprint density at radius 1 is 0.857 bits per heavy atom. The van der Waals surface area contributed by atoms with Gasteiger partial charge in [0.25, 0.3) is 0 Å². The van der Waals surface area contributed by atoms with E-state index in [1.165, 1.54) is 82.6 Å². The van der Waals surface area contributed by atoms with Gasteiger partial charge < -0.3 is 0 Å². The molecule has 0 bridgehead atoms. The van der Waals surface area contributed by atoms with Gasteiger partial charge in [-0.25, -0.2) is 0 Å². The summed E-state index contributed by atoms with van der Waals surface area (Å²) in [4.78, 5) is 0. The van der Waals surface area contributed by atoms with E-state index in [0.29, 0.717) is 6.42 Å². The fourth-order valence-electron chi connectivity index (χ4n) is 5.52. The summed E-state index contributed by atoms with van der Waals surface area (Å²) >= 11 is 0. The topological polar surface area (TPSA) is 0 Å². The van der Waals surface area contributed by atoms with E-state index in [9.17, 15) is 4.39 Å². The number of allylic oxidation sites excluding steroid dienone is 2. The van der Waals surface area contributed by atoms with E-state index in [2.05, 4.69) is 43.3 Å². The average molecular weight is 385 g/mol. The van der Waals surface area contributed by atoms with E-state index in [1.807, 2.05) is 0 Å². The highest BCUT2D eigenvalue weighted by atomic mass is 19.1. The highest BCUT2D eigenvalue weighted by Gasteiger charge is 2.24. The zero-order valence-electron chi connectivity index (χ0n) is 18.1. The van der Waals surface area contributed by atoms with Gasteiger partial charge in [-0.3, -0.25) is 4.39 Å². The average Bonchev–Trinajstić information content (AvgIpc) is 2.75. The van der Waals surface area contributed by atoms with Gasteiger partial charge >= 0.3 is 0 Å². The lowest BCUT2D eigenvalue weighted by Gasteiger charge is -2.31. The Kier molecular flexibility index (Phi) is 9.09. The largest absolute Gasteiger partial charge is 0.251 e. The number of rotatable bonds is 9. The van der Waals surface area contributed by atoms with Crippen molar-refractivity contribution in [2.75, 3.05) is 6.67 Å². The number of hydrogen-bond donors (Lipinski definition) is 0. The number of halogens is 1. The van der Waals surface area contributed by atoms with Gasteiger partial charge in [0.15, 0.2) is 0 Å². The molecule has 0 amide bonds. The molecule has 2 aliphatic rings. The Morgan fingerprint density at radius 3 is 2.04 bits per heavy atom. The Labute approximate surface area is 173 Å². The molecule has 0 spiro atoms. The first-order valence-corrected chi connectivity index (χ1v) is 12.1. The highest BCUT2D eigenvalue weighted by Crippen LogP contribution is 2.40. The van der Waals surface area contributed by atoms with Crippen molar-refractivity contribution in [3.63, 3.8) is 0 Å². The van der Waals surface area contributed by atoms with Gasteiger partial charge in [0, 0.05) is 0 Å². The predicted octanol–water partition coefficient (Wildman–Crippen LogP) is 8.42. The Hall–Kier alpha value is -1.11. The molecule has 156 valence electrons. The van der Waals surface area contributed by atoms with Crippen LogP contribution in [0.25, 0.3) is 0 Å². The van der Waals surface area contributed by atoms with E-state index < -0.39 is 0 Å². The molecule has 2 aliphatic carbocycles. The maximum atomic E-state index is 12.2. The lowest BCUT2D eigenvalue weighted by atomic mass is 9.74. The summed E-state index contributed by atoms with van der Waals surface area (Å²) in [6, 6.07) is 9.51. The summed E-state index contributed by atoms with van der Waals surface area (Å²) in [6.45, 7) is 2.05. The van der Waals surface area contributed by atoms with Crippen LogP contribution in [0.15, 0.2) is 36.4 Å². The molecular weight excluding hydrogens is 343 g/mol. The van der Waals surface area contributed by atoms with Gasteiger partial charge in [-0.1, -0.05) is 62.6 Å². The van der Waals surface area contributed by atoms with Crippen molar-refractivity contribution in [1.82, 2.24) is 0 Å². The molecule has 28 heavy (non-hydrogen) atoms. The van der Waals surface area contributed by atoms with Crippen LogP contribution in [0.2, 0.25) is 0 Å². The second-order valence-electron chi connectivity index (χ2n) is 9.47. The van der Waals surface area contributed by atoms with Crippen LogP contribution in [0, 0.1) is 17.8 Å². The number of aryl methyl sites for hydroxylation is 1. The molecule has 0 radical (unpaired) electrons. The fraction of sp³-hybridized carbons (Fsp3) is 0.704. The predicted molar refractivity (Wildman–Crippen MR) is 120 cm³/mol. The monoisotopic (exact) mass is 384 g/mol. The van der Waals surface area contributed by atoms with Crippen LogP contribution in [0.4, 0.5) is 4.39 Å². The number of alkyl halides is 1. The summed E-state index contributed by atoms with van der Waals surface area (Å²) in [5.74, 6) is 3.45. The van der Waals surface area contributed by atoms with Gasteiger partial charge in [-0.05, 0) is 99.0 Å². The van der Waals surface area contributed by atoms with Crippen LogP contribution in [0.5, 0.6) is 0 Å². The standard InChI is InChI=1S/C27H41F/c1-2-5-22-13-17-26(18-14-22)27-19-15-25(16-20-27)12-11-24-9-7-23(8-10-24)6-3-4-21-28/h3,6,13-14,17-18,23-25,27H,2,4-5,7-12,15-16,19-21H2,1H3/t23-,24-,25-,27-. The zero-order chi connectivity index (χ0) is 19.6. The molecule has 2 fully saturated rings. The molecule has 0 N–H and O–H groups in total. The summed E-state index contributed by atoms with van der Waals surface area (Å²) in [5, 5.41) is 0. The second kappa shape index (κ2) is 11.8. The quantitative estimate of drug-likeness (QED) is 0.375. The van der Waals surface area contributed by atoms with E-state index in [4.69, 9.17) is 0 Å². The number of hydrogen-bond acceptors (Lipinski definition) is 0. The van der Waals surface area contributed by atoms with E-state index in [-0.39, 0.29) is 6.67 Å². The van der Waals surface area contributed by atoms with Crippen molar-refractivity contribution >= 4 is 0 Å². The maximum absolute atomic E-state index is 12.2. The van der Waals surface area contributed by atoms with Gasteiger partial charge in [-0.2, -0.15) is 0 Å². The highest BCUT2D eigenvalue weighted by molar-refractivity contribution is 5.25. The van der Waals surface area contributed by atoms with Crippen LogP contribution in [-0.2, 0) is 6.42 Å². The third kappa shape index (κ3) is 6.75. The van der Waals surface area contributed by atoms with Crippen LogP contribution >= 0.6 is 0 Å². The molecule has 0 atom stereocenters. The molecule has 0 saturated heterocycles. The van der Waals surface area contributed by atoms with E-state index >= 15 is 0 Å². The lowest BCUT2D eigenvalue weighted by Crippen LogP contribution is -2.17. The molecule has 0 heterocycles. The van der Waals surface area contributed by atoms with E-state index in [0.717, 1.165) is 23.7 Å². The third-order valence-electron chi connectivity index (χ3n) is 7.40. The van der Waals surface area contributed by atoms with Gasteiger partial charge in [0.2, 0.25) is 0 Å². The molecule has 3 rings (SSSR count).